The minimum Gasteiger partial charge on any atom is -0.481 e. The number of carbonyl (C=O) groups is 1. The van der Waals surface area contributed by atoms with E-state index >= 15 is 0 Å². The van der Waals surface area contributed by atoms with Crippen LogP contribution in [0.15, 0.2) is 30.6 Å². The summed E-state index contributed by atoms with van der Waals surface area (Å²) in [5.74, 6) is -1.57. The van der Waals surface area contributed by atoms with Gasteiger partial charge in [0.1, 0.15) is 17.3 Å². The largest absolute Gasteiger partial charge is 0.481 e. The minimum atomic E-state index is -0.901. The predicted molar refractivity (Wildman–Crippen MR) is 65.4 cm³/mol. The third-order valence-corrected chi connectivity index (χ3v) is 3.32. The monoisotopic (exact) mass is 268 g/mol. The van der Waals surface area contributed by atoms with Gasteiger partial charge in [0.15, 0.2) is 0 Å². The first-order valence-corrected chi connectivity index (χ1v) is 6.06. The molecule has 1 heterocycles. The van der Waals surface area contributed by atoms with Crippen molar-refractivity contribution in [1.29, 1.82) is 0 Å². The first-order valence-electron chi connectivity index (χ1n) is 4.90. The van der Waals surface area contributed by atoms with Crippen molar-refractivity contribution >= 4 is 29.1 Å². The number of hydrogen-bond acceptors (Lipinski definition) is 4. The maximum atomic E-state index is 11.2. The smallest absolute Gasteiger partial charge is 0.313 e. The van der Waals surface area contributed by atoms with E-state index in [1.54, 1.807) is 18.2 Å². The molecule has 1 aromatic carbocycles. The van der Waals surface area contributed by atoms with E-state index in [2.05, 4.69) is 9.36 Å². The topological polar surface area (TPSA) is 63.1 Å². The van der Waals surface area contributed by atoms with Gasteiger partial charge in [0, 0.05) is 5.02 Å². The molecule has 0 bridgehead atoms. The van der Waals surface area contributed by atoms with Crippen LogP contribution in [-0.2, 0) is 11.2 Å². The molecule has 0 aliphatic heterocycles. The highest BCUT2D eigenvalue weighted by molar-refractivity contribution is 7.05. The summed E-state index contributed by atoms with van der Waals surface area (Å²) >= 11 is 6.97. The number of aliphatic carboxylic acids is 1. The van der Waals surface area contributed by atoms with E-state index in [0.29, 0.717) is 16.5 Å². The number of carboxylic acid groups (broad SMARTS) is 1. The second kappa shape index (κ2) is 5.25. The van der Waals surface area contributed by atoms with E-state index in [9.17, 15) is 9.90 Å². The lowest BCUT2D eigenvalue weighted by Crippen LogP contribution is -2.14. The van der Waals surface area contributed by atoms with E-state index in [1.165, 1.54) is 6.33 Å². The van der Waals surface area contributed by atoms with Crippen LogP contribution in [0.2, 0.25) is 5.02 Å². The van der Waals surface area contributed by atoms with Gasteiger partial charge in [-0.15, -0.1) is 0 Å². The molecule has 4 nitrogen and oxygen atoms in total. The zero-order valence-corrected chi connectivity index (χ0v) is 10.3. The molecule has 1 unspecified atom stereocenters. The first-order chi connectivity index (χ1) is 8.16. The lowest BCUT2D eigenvalue weighted by Gasteiger charge is -2.08. The summed E-state index contributed by atoms with van der Waals surface area (Å²) in [4.78, 5) is 15.1. The van der Waals surface area contributed by atoms with Crippen LogP contribution in [0, 0.1) is 0 Å². The molecule has 0 saturated carbocycles. The Morgan fingerprint density at radius 2 is 2.35 bits per heavy atom. The average Bonchev–Trinajstić information content (AvgIpc) is 2.78. The molecule has 0 amide bonds. The molecule has 0 aliphatic rings. The van der Waals surface area contributed by atoms with Crippen LogP contribution < -0.4 is 0 Å². The molecule has 0 aliphatic carbocycles. The molecule has 0 radical (unpaired) electrons. The van der Waals surface area contributed by atoms with Gasteiger partial charge in [-0.05, 0) is 35.6 Å². The molecule has 2 aromatic rings. The second-order valence-electron chi connectivity index (χ2n) is 3.50. The molecule has 2 rings (SSSR count). The molecular weight excluding hydrogens is 260 g/mol. The van der Waals surface area contributed by atoms with E-state index in [1.807, 2.05) is 6.07 Å². The highest BCUT2D eigenvalue weighted by atomic mass is 35.5. The van der Waals surface area contributed by atoms with E-state index in [-0.39, 0.29) is 0 Å². The SMILES string of the molecule is O=C(O)C(Cc1cccc(Cl)c1)c1ncns1. The van der Waals surface area contributed by atoms with Crippen LogP contribution in [0.5, 0.6) is 0 Å². The van der Waals surface area contributed by atoms with E-state index in [0.717, 1.165) is 17.1 Å². The van der Waals surface area contributed by atoms with Gasteiger partial charge in [-0.25, -0.2) is 4.98 Å². The van der Waals surface area contributed by atoms with Gasteiger partial charge in [0.05, 0.1) is 0 Å². The Kier molecular flexibility index (Phi) is 3.71. The molecule has 0 saturated heterocycles. The molecule has 0 fully saturated rings. The van der Waals surface area contributed by atoms with Gasteiger partial charge in [-0.2, -0.15) is 4.37 Å². The van der Waals surface area contributed by atoms with Crippen molar-refractivity contribution < 1.29 is 9.90 Å². The van der Waals surface area contributed by atoms with Crippen LogP contribution in [0.3, 0.4) is 0 Å². The maximum absolute atomic E-state index is 11.2. The van der Waals surface area contributed by atoms with Crippen molar-refractivity contribution in [3.8, 4) is 0 Å². The number of aromatic nitrogens is 2. The first kappa shape index (κ1) is 12.0. The van der Waals surface area contributed by atoms with E-state index < -0.39 is 11.9 Å². The van der Waals surface area contributed by atoms with Gasteiger partial charge in [0.25, 0.3) is 0 Å². The number of halogens is 1. The maximum Gasteiger partial charge on any atom is 0.313 e. The Labute approximate surface area is 107 Å². The lowest BCUT2D eigenvalue weighted by atomic mass is 10.0. The zero-order chi connectivity index (χ0) is 12.3. The number of carboxylic acids is 1. The third kappa shape index (κ3) is 3.01. The van der Waals surface area contributed by atoms with Gasteiger partial charge in [-0.1, -0.05) is 23.7 Å². The highest BCUT2D eigenvalue weighted by Crippen LogP contribution is 2.23. The molecule has 1 aromatic heterocycles. The fourth-order valence-electron chi connectivity index (χ4n) is 1.52. The molecule has 88 valence electrons. The number of hydrogen-bond donors (Lipinski definition) is 1. The predicted octanol–water partition coefficient (Wildman–Crippen LogP) is 2.60. The summed E-state index contributed by atoms with van der Waals surface area (Å²) in [6.07, 6.45) is 1.74. The van der Waals surface area contributed by atoms with Crippen LogP contribution in [0.1, 0.15) is 16.5 Å². The van der Waals surface area contributed by atoms with Crippen LogP contribution in [0.25, 0.3) is 0 Å². The Morgan fingerprint density at radius 1 is 1.53 bits per heavy atom. The molecular formula is C11H9ClN2O2S. The molecule has 17 heavy (non-hydrogen) atoms. The van der Waals surface area contributed by atoms with Crippen LogP contribution in [0.4, 0.5) is 0 Å². The van der Waals surface area contributed by atoms with Crippen molar-refractivity contribution in [1.82, 2.24) is 9.36 Å². The van der Waals surface area contributed by atoms with E-state index in [4.69, 9.17) is 11.6 Å². The fourth-order valence-corrected chi connectivity index (χ4v) is 2.34. The minimum absolute atomic E-state index is 0.366. The third-order valence-electron chi connectivity index (χ3n) is 2.30. The Balaban J connectivity index is 2.22. The lowest BCUT2D eigenvalue weighted by molar-refractivity contribution is -0.138. The molecule has 1 atom stereocenters. The quantitative estimate of drug-likeness (QED) is 0.926. The van der Waals surface area contributed by atoms with Crippen molar-refractivity contribution in [2.45, 2.75) is 12.3 Å². The fraction of sp³-hybridized carbons (Fsp3) is 0.182. The average molecular weight is 269 g/mol. The van der Waals surface area contributed by atoms with Crippen molar-refractivity contribution in [3.05, 3.63) is 46.2 Å². The van der Waals surface area contributed by atoms with Crippen LogP contribution in [-0.4, -0.2) is 20.4 Å². The zero-order valence-electron chi connectivity index (χ0n) is 8.71. The Hall–Kier alpha value is -1.46. The van der Waals surface area contributed by atoms with Crippen molar-refractivity contribution in [2.75, 3.05) is 0 Å². The number of rotatable bonds is 4. The summed E-state index contributed by atoms with van der Waals surface area (Å²) in [5, 5.41) is 10.3. The second-order valence-corrected chi connectivity index (χ2v) is 4.75. The van der Waals surface area contributed by atoms with Crippen molar-refractivity contribution in [3.63, 3.8) is 0 Å². The van der Waals surface area contributed by atoms with Gasteiger partial charge < -0.3 is 5.11 Å². The molecule has 1 N–H and O–H groups in total. The number of nitrogens with zero attached hydrogens (tertiary/aromatic N) is 2. The number of benzene rings is 1. The Morgan fingerprint density at radius 3 is 2.94 bits per heavy atom. The summed E-state index contributed by atoms with van der Waals surface area (Å²) < 4.78 is 3.83. The summed E-state index contributed by atoms with van der Waals surface area (Å²) in [5.41, 5.74) is 0.875. The summed E-state index contributed by atoms with van der Waals surface area (Å²) in [6.45, 7) is 0. The van der Waals surface area contributed by atoms with Gasteiger partial charge in [-0.3, -0.25) is 4.79 Å². The van der Waals surface area contributed by atoms with Crippen molar-refractivity contribution in [2.24, 2.45) is 0 Å². The van der Waals surface area contributed by atoms with Gasteiger partial charge >= 0.3 is 5.97 Å². The normalized spacial score (nSPS) is 12.3. The molecule has 0 spiro atoms. The van der Waals surface area contributed by atoms with Gasteiger partial charge in [0.2, 0.25) is 0 Å². The van der Waals surface area contributed by atoms with Crippen LogP contribution >= 0.6 is 23.1 Å². The molecule has 6 heteroatoms. The summed E-state index contributed by atoms with van der Waals surface area (Å²) in [6, 6.07) is 7.17. The summed E-state index contributed by atoms with van der Waals surface area (Å²) in [7, 11) is 0. The standard InChI is InChI=1S/C11H9ClN2O2S/c12-8-3-1-2-7(4-8)5-9(11(15)16)10-13-6-14-17-10/h1-4,6,9H,5H2,(H,15,16). The highest BCUT2D eigenvalue weighted by Gasteiger charge is 2.23. The Bertz CT molecular complexity index is 516.